The molecule has 0 aliphatic rings. The zero-order valence-electron chi connectivity index (χ0n) is 14.4. The van der Waals surface area contributed by atoms with Crippen LogP contribution in [0.4, 0.5) is 10.1 Å². The molecule has 0 aliphatic heterocycles. The normalized spacial score (nSPS) is 10.6. The van der Waals surface area contributed by atoms with E-state index in [1.54, 1.807) is 25.1 Å². The number of benzene rings is 2. The zero-order valence-corrected chi connectivity index (χ0v) is 14.4. The molecule has 0 fully saturated rings. The maximum atomic E-state index is 13.6. The van der Waals surface area contributed by atoms with Crippen molar-refractivity contribution in [1.82, 2.24) is 4.98 Å². The monoisotopic (exact) mass is 334 g/mol. The van der Waals surface area contributed by atoms with Crippen LogP contribution in [-0.4, -0.2) is 10.9 Å². The fourth-order valence-electron chi connectivity index (χ4n) is 2.66. The van der Waals surface area contributed by atoms with Crippen molar-refractivity contribution in [1.29, 1.82) is 0 Å². The van der Waals surface area contributed by atoms with Gasteiger partial charge in [-0.05, 0) is 56.2 Å². The number of nitrogens with one attached hydrogen (secondary N) is 1. The lowest BCUT2D eigenvalue weighted by Gasteiger charge is -2.09. The lowest BCUT2D eigenvalue weighted by atomic mass is 10.0. The van der Waals surface area contributed by atoms with E-state index in [0.29, 0.717) is 16.8 Å². The molecule has 0 saturated heterocycles. The second kappa shape index (κ2) is 6.85. The van der Waals surface area contributed by atoms with Crippen molar-refractivity contribution in [2.45, 2.75) is 20.8 Å². The van der Waals surface area contributed by atoms with Gasteiger partial charge in [-0.3, -0.25) is 9.78 Å². The van der Waals surface area contributed by atoms with Crippen LogP contribution in [0.5, 0.6) is 0 Å². The second-order valence-corrected chi connectivity index (χ2v) is 6.17. The lowest BCUT2D eigenvalue weighted by molar-refractivity contribution is 0.102. The molecule has 0 atom stereocenters. The van der Waals surface area contributed by atoms with E-state index in [9.17, 15) is 9.18 Å². The first-order valence-electron chi connectivity index (χ1n) is 8.05. The van der Waals surface area contributed by atoms with E-state index in [4.69, 9.17) is 0 Å². The summed E-state index contributed by atoms with van der Waals surface area (Å²) in [6, 6.07) is 14.3. The molecule has 1 amide bonds. The molecule has 0 saturated carbocycles. The van der Waals surface area contributed by atoms with Crippen molar-refractivity contribution in [3.63, 3.8) is 0 Å². The first-order chi connectivity index (χ1) is 11.9. The highest BCUT2D eigenvalue weighted by molar-refractivity contribution is 6.04. The number of nitrogens with zero attached hydrogens (tertiary/aromatic N) is 1. The van der Waals surface area contributed by atoms with Gasteiger partial charge in [0.2, 0.25) is 0 Å². The molecule has 2 aromatic carbocycles. The maximum Gasteiger partial charge on any atom is 0.257 e. The van der Waals surface area contributed by atoms with E-state index >= 15 is 0 Å². The minimum absolute atomic E-state index is 0.317. The van der Waals surface area contributed by atoms with Gasteiger partial charge < -0.3 is 5.32 Å². The number of amides is 1. The number of hydrogen-bond acceptors (Lipinski definition) is 2. The Hall–Kier alpha value is -3.01. The molecule has 126 valence electrons. The van der Waals surface area contributed by atoms with Gasteiger partial charge in [-0.25, -0.2) is 4.39 Å². The second-order valence-electron chi connectivity index (χ2n) is 6.17. The zero-order chi connectivity index (χ0) is 18.0. The van der Waals surface area contributed by atoms with Crippen LogP contribution in [0.2, 0.25) is 0 Å². The molecule has 3 rings (SSSR count). The van der Waals surface area contributed by atoms with Gasteiger partial charge in [0.15, 0.2) is 0 Å². The van der Waals surface area contributed by atoms with E-state index in [0.717, 1.165) is 16.8 Å². The number of aromatic nitrogens is 1. The Labute approximate surface area is 146 Å². The SMILES string of the molecule is Cc1ccc(-c2ccc(C(=O)Nc3ccc(C)c(F)c3)cn2)c(C)c1. The van der Waals surface area contributed by atoms with Gasteiger partial charge in [-0.1, -0.05) is 29.8 Å². The molecule has 0 aliphatic carbocycles. The Morgan fingerprint density at radius 3 is 2.40 bits per heavy atom. The van der Waals surface area contributed by atoms with Crippen LogP contribution in [0.15, 0.2) is 54.7 Å². The van der Waals surface area contributed by atoms with Gasteiger partial charge in [-0.15, -0.1) is 0 Å². The molecule has 0 bridgehead atoms. The first-order valence-corrected chi connectivity index (χ1v) is 8.05. The maximum absolute atomic E-state index is 13.6. The van der Waals surface area contributed by atoms with Gasteiger partial charge in [0.25, 0.3) is 5.91 Å². The molecule has 0 unspecified atom stereocenters. The first kappa shape index (κ1) is 16.8. The van der Waals surface area contributed by atoms with Crippen molar-refractivity contribution >= 4 is 11.6 Å². The average Bonchev–Trinajstić information content (AvgIpc) is 2.58. The average molecular weight is 334 g/mol. The smallest absolute Gasteiger partial charge is 0.257 e. The third-order valence-corrected chi connectivity index (χ3v) is 4.11. The molecular weight excluding hydrogens is 315 g/mol. The van der Waals surface area contributed by atoms with Crippen LogP contribution in [0.3, 0.4) is 0 Å². The number of rotatable bonds is 3. The predicted molar refractivity (Wildman–Crippen MR) is 98.2 cm³/mol. The minimum atomic E-state index is -0.346. The van der Waals surface area contributed by atoms with Crippen molar-refractivity contribution in [3.05, 3.63) is 82.8 Å². The van der Waals surface area contributed by atoms with Crippen molar-refractivity contribution < 1.29 is 9.18 Å². The van der Waals surface area contributed by atoms with Gasteiger partial charge in [0.1, 0.15) is 5.82 Å². The van der Waals surface area contributed by atoms with Gasteiger partial charge in [-0.2, -0.15) is 0 Å². The van der Waals surface area contributed by atoms with E-state index in [2.05, 4.69) is 16.4 Å². The number of halogens is 1. The van der Waals surface area contributed by atoms with Crippen LogP contribution < -0.4 is 5.32 Å². The van der Waals surface area contributed by atoms with Crippen LogP contribution in [-0.2, 0) is 0 Å². The topological polar surface area (TPSA) is 42.0 Å². The molecule has 3 nitrogen and oxygen atoms in total. The number of pyridine rings is 1. The predicted octanol–water partition coefficient (Wildman–Crippen LogP) is 5.07. The third kappa shape index (κ3) is 3.74. The number of aryl methyl sites for hydroxylation is 3. The van der Waals surface area contributed by atoms with Gasteiger partial charge in [0.05, 0.1) is 11.3 Å². The Morgan fingerprint density at radius 2 is 1.76 bits per heavy atom. The highest BCUT2D eigenvalue weighted by atomic mass is 19.1. The quantitative estimate of drug-likeness (QED) is 0.727. The standard InChI is InChI=1S/C21H19FN2O/c1-13-4-8-18(15(3)10-13)20-9-6-16(12-23-20)21(25)24-17-7-5-14(2)19(22)11-17/h4-12H,1-3H3,(H,24,25). The van der Waals surface area contributed by atoms with Crippen LogP contribution in [0, 0.1) is 26.6 Å². The van der Waals surface area contributed by atoms with Crippen LogP contribution >= 0.6 is 0 Å². The molecule has 0 radical (unpaired) electrons. The van der Waals surface area contributed by atoms with Gasteiger partial charge in [0, 0.05) is 17.4 Å². The Bertz CT molecular complexity index is 933. The highest BCUT2D eigenvalue weighted by Crippen LogP contribution is 2.22. The van der Waals surface area contributed by atoms with E-state index in [1.807, 2.05) is 32.0 Å². The summed E-state index contributed by atoms with van der Waals surface area (Å²) < 4.78 is 13.6. The summed E-state index contributed by atoms with van der Waals surface area (Å²) in [6.07, 6.45) is 1.54. The highest BCUT2D eigenvalue weighted by Gasteiger charge is 2.10. The Kier molecular flexibility index (Phi) is 4.61. The molecular formula is C21H19FN2O. The van der Waals surface area contributed by atoms with E-state index < -0.39 is 0 Å². The van der Waals surface area contributed by atoms with Crippen molar-refractivity contribution in [3.8, 4) is 11.3 Å². The van der Waals surface area contributed by atoms with Crippen molar-refractivity contribution in [2.75, 3.05) is 5.32 Å². The summed E-state index contributed by atoms with van der Waals surface area (Å²) in [7, 11) is 0. The summed E-state index contributed by atoms with van der Waals surface area (Å²) >= 11 is 0. The summed E-state index contributed by atoms with van der Waals surface area (Å²) in [4.78, 5) is 16.7. The van der Waals surface area contributed by atoms with Crippen molar-refractivity contribution in [2.24, 2.45) is 0 Å². The largest absolute Gasteiger partial charge is 0.322 e. The molecule has 1 aromatic heterocycles. The fraction of sp³-hybridized carbons (Fsp3) is 0.143. The van der Waals surface area contributed by atoms with Gasteiger partial charge >= 0.3 is 0 Å². The molecule has 25 heavy (non-hydrogen) atoms. The number of carbonyl (C=O) groups excluding carboxylic acids is 1. The number of carbonyl (C=O) groups is 1. The lowest BCUT2D eigenvalue weighted by Crippen LogP contribution is -2.12. The summed E-state index contributed by atoms with van der Waals surface area (Å²) in [5.74, 6) is -0.663. The van der Waals surface area contributed by atoms with E-state index in [-0.39, 0.29) is 11.7 Å². The molecule has 1 heterocycles. The Morgan fingerprint density at radius 1 is 0.960 bits per heavy atom. The molecule has 3 aromatic rings. The summed E-state index contributed by atoms with van der Waals surface area (Å²) in [5, 5.41) is 2.69. The summed E-state index contributed by atoms with van der Waals surface area (Å²) in [6.45, 7) is 5.76. The third-order valence-electron chi connectivity index (χ3n) is 4.11. The Balaban J connectivity index is 1.79. The summed E-state index contributed by atoms with van der Waals surface area (Å²) in [5.41, 5.74) is 5.58. The minimum Gasteiger partial charge on any atom is -0.322 e. The molecule has 1 N–H and O–H groups in total. The molecule has 4 heteroatoms. The fourth-order valence-corrected chi connectivity index (χ4v) is 2.66. The van der Waals surface area contributed by atoms with Crippen LogP contribution in [0.1, 0.15) is 27.0 Å². The number of anilines is 1. The molecule has 0 spiro atoms. The number of hydrogen-bond donors (Lipinski definition) is 1. The van der Waals surface area contributed by atoms with E-state index in [1.165, 1.54) is 17.8 Å². The van der Waals surface area contributed by atoms with Crippen LogP contribution in [0.25, 0.3) is 11.3 Å².